The molecule has 2 rings (SSSR count). The number of esters is 1. The minimum Gasteiger partial charge on any atom is -0.481 e. The van der Waals surface area contributed by atoms with Crippen molar-refractivity contribution in [1.29, 1.82) is 0 Å². The summed E-state index contributed by atoms with van der Waals surface area (Å²) >= 11 is 0. The lowest BCUT2D eigenvalue weighted by Gasteiger charge is -2.06. The predicted octanol–water partition coefficient (Wildman–Crippen LogP) is 1.93. The van der Waals surface area contributed by atoms with E-state index in [2.05, 4.69) is 10.1 Å². The van der Waals surface area contributed by atoms with Gasteiger partial charge in [-0.05, 0) is 13.0 Å². The van der Waals surface area contributed by atoms with Crippen molar-refractivity contribution >= 4 is 5.97 Å². The molecule has 0 bridgehead atoms. The first kappa shape index (κ1) is 13.9. The van der Waals surface area contributed by atoms with Crippen molar-refractivity contribution in [3.63, 3.8) is 0 Å². The number of carbonyl (C=O) groups excluding carboxylic acids is 1. The Balaban J connectivity index is 2.34. The van der Waals surface area contributed by atoms with E-state index in [1.165, 1.54) is 20.3 Å². The molecule has 0 aliphatic carbocycles. The maximum atomic E-state index is 11.5. The van der Waals surface area contributed by atoms with E-state index in [-0.39, 0.29) is 12.3 Å². The van der Waals surface area contributed by atoms with Crippen molar-refractivity contribution in [3.8, 4) is 23.1 Å². The Morgan fingerprint density at radius 2 is 2.10 bits per heavy atom. The number of pyridine rings is 1. The molecule has 2 heterocycles. The van der Waals surface area contributed by atoms with Gasteiger partial charge in [-0.1, -0.05) is 5.16 Å². The Kier molecular flexibility index (Phi) is 4.19. The van der Waals surface area contributed by atoms with E-state index in [1.807, 2.05) is 0 Å². The summed E-state index contributed by atoms with van der Waals surface area (Å²) in [6, 6.07) is 4.84. The van der Waals surface area contributed by atoms with E-state index < -0.39 is 5.97 Å². The summed E-state index contributed by atoms with van der Waals surface area (Å²) in [5, 5.41) is 3.66. The molecule has 0 aliphatic rings. The molecule has 2 aromatic rings. The zero-order valence-corrected chi connectivity index (χ0v) is 11.4. The van der Waals surface area contributed by atoms with Crippen LogP contribution >= 0.6 is 0 Å². The molecule has 106 valence electrons. The van der Waals surface area contributed by atoms with Gasteiger partial charge in [-0.3, -0.25) is 0 Å². The van der Waals surface area contributed by atoms with Crippen molar-refractivity contribution in [2.45, 2.75) is 6.92 Å². The maximum absolute atomic E-state index is 11.5. The number of nitrogens with zero attached hydrogens (tertiary/aromatic N) is 2. The average molecular weight is 278 g/mol. The van der Waals surface area contributed by atoms with Crippen LogP contribution < -0.4 is 9.47 Å². The fraction of sp³-hybridized carbons (Fsp3) is 0.308. The molecule has 7 heteroatoms. The average Bonchev–Trinajstić information content (AvgIpc) is 2.96. The van der Waals surface area contributed by atoms with Crippen LogP contribution in [-0.4, -0.2) is 36.9 Å². The van der Waals surface area contributed by atoms with Crippen LogP contribution in [0.4, 0.5) is 0 Å². The summed E-state index contributed by atoms with van der Waals surface area (Å²) in [7, 11) is 2.99. The van der Waals surface area contributed by atoms with E-state index >= 15 is 0 Å². The minimum absolute atomic E-state index is 0.0970. The van der Waals surface area contributed by atoms with Crippen LogP contribution in [0.15, 0.2) is 22.7 Å². The summed E-state index contributed by atoms with van der Waals surface area (Å²) < 4.78 is 20.1. The van der Waals surface area contributed by atoms with Crippen LogP contribution in [0.1, 0.15) is 17.4 Å². The molecule has 0 saturated heterocycles. The fourth-order valence-corrected chi connectivity index (χ4v) is 1.58. The van der Waals surface area contributed by atoms with E-state index in [4.69, 9.17) is 18.7 Å². The molecule has 0 N–H and O–H groups in total. The molecule has 0 aliphatic heterocycles. The lowest BCUT2D eigenvalue weighted by atomic mass is 10.2. The highest BCUT2D eigenvalue weighted by Gasteiger charge is 2.18. The van der Waals surface area contributed by atoms with Gasteiger partial charge in [0.1, 0.15) is 0 Å². The molecule has 0 radical (unpaired) electrons. The van der Waals surface area contributed by atoms with Gasteiger partial charge in [-0.2, -0.15) is 4.98 Å². The lowest BCUT2D eigenvalue weighted by molar-refractivity contribution is 0.0514. The first-order chi connectivity index (χ1) is 9.69. The number of carbonyl (C=O) groups is 1. The van der Waals surface area contributed by atoms with Crippen molar-refractivity contribution in [2.75, 3.05) is 20.8 Å². The zero-order chi connectivity index (χ0) is 14.5. The van der Waals surface area contributed by atoms with Gasteiger partial charge in [0.2, 0.25) is 11.8 Å². The van der Waals surface area contributed by atoms with E-state index in [9.17, 15) is 4.79 Å². The third-order valence-electron chi connectivity index (χ3n) is 2.50. The Bertz CT molecular complexity index is 609. The summed E-state index contributed by atoms with van der Waals surface area (Å²) in [6.45, 7) is 1.99. The molecule has 2 aromatic heterocycles. The molecule has 0 spiro atoms. The van der Waals surface area contributed by atoms with Crippen LogP contribution in [0, 0.1) is 0 Å². The first-order valence-electron chi connectivity index (χ1n) is 5.92. The molecule has 0 amide bonds. The van der Waals surface area contributed by atoms with Gasteiger partial charge in [-0.25, -0.2) is 4.79 Å². The summed E-state index contributed by atoms with van der Waals surface area (Å²) in [4.78, 5) is 15.7. The van der Waals surface area contributed by atoms with Gasteiger partial charge in [0, 0.05) is 12.1 Å². The molecule has 0 saturated carbocycles. The second-order valence-corrected chi connectivity index (χ2v) is 3.71. The standard InChI is InChI=1S/C13H14N2O5/c1-4-19-13(16)9-7-10(20-15-9)8-5-6-11(17-2)14-12(8)18-3/h5-7H,4H2,1-3H3. The Morgan fingerprint density at radius 3 is 2.75 bits per heavy atom. The monoisotopic (exact) mass is 278 g/mol. The highest BCUT2D eigenvalue weighted by molar-refractivity contribution is 5.88. The summed E-state index contributed by atoms with van der Waals surface area (Å²) in [5.74, 6) is 0.551. The molecular formula is C13H14N2O5. The van der Waals surface area contributed by atoms with Crippen molar-refractivity contribution in [2.24, 2.45) is 0 Å². The van der Waals surface area contributed by atoms with Gasteiger partial charge >= 0.3 is 5.97 Å². The number of hydrogen-bond donors (Lipinski definition) is 0. The van der Waals surface area contributed by atoms with Gasteiger partial charge in [0.25, 0.3) is 0 Å². The van der Waals surface area contributed by atoms with Crippen molar-refractivity contribution < 1.29 is 23.5 Å². The van der Waals surface area contributed by atoms with E-state index in [0.29, 0.717) is 23.1 Å². The second kappa shape index (κ2) is 6.05. The number of hydrogen-bond acceptors (Lipinski definition) is 7. The largest absolute Gasteiger partial charge is 0.481 e. The third-order valence-corrected chi connectivity index (χ3v) is 2.50. The van der Waals surface area contributed by atoms with Crippen LogP contribution in [-0.2, 0) is 4.74 Å². The predicted molar refractivity (Wildman–Crippen MR) is 68.8 cm³/mol. The molecule has 20 heavy (non-hydrogen) atoms. The fourth-order valence-electron chi connectivity index (χ4n) is 1.58. The van der Waals surface area contributed by atoms with Crippen LogP contribution in [0.25, 0.3) is 11.3 Å². The highest BCUT2D eigenvalue weighted by atomic mass is 16.5. The number of ether oxygens (including phenoxy) is 3. The molecule has 7 nitrogen and oxygen atoms in total. The van der Waals surface area contributed by atoms with Gasteiger partial charge in [0.15, 0.2) is 11.5 Å². The molecule has 0 atom stereocenters. The lowest BCUT2D eigenvalue weighted by Crippen LogP contribution is -2.04. The van der Waals surface area contributed by atoms with Crippen molar-refractivity contribution in [1.82, 2.24) is 10.1 Å². The SMILES string of the molecule is CCOC(=O)c1cc(-c2ccc(OC)nc2OC)on1. The Morgan fingerprint density at radius 1 is 1.30 bits per heavy atom. The molecular weight excluding hydrogens is 264 g/mol. The van der Waals surface area contributed by atoms with E-state index in [1.54, 1.807) is 19.1 Å². The van der Waals surface area contributed by atoms with Crippen LogP contribution in [0.5, 0.6) is 11.8 Å². The zero-order valence-electron chi connectivity index (χ0n) is 11.4. The quantitative estimate of drug-likeness (QED) is 0.772. The maximum Gasteiger partial charge on any atom is 0.360 e. The third kappa shape index (κ3) is 2.71. The Hall–Kier alpha value is -2.57. The number of rotatable bonds is 5. The smallest absolute Gasteiger partial charge is 0.360 e. The molecule has 0 aromatic carbocycles. The summed E-state index contributed by atoms with van der Waals surface area (Å²) in [6.07, 6.45) is 0. The topological polar surface area (TPSA) is 83.7 Å². The number of methoxy groups -OCH3 is 2. The van der Waals surface area contributed by atoms with Gasteiger partial charge in [0.05, 0.1) is 26.4 Å². The summed E-state index contributed by atoms with van der Waals surface area (Å²) in [5.41, 5.74) is 0.663. The molecule has 0 unspecified atom stereocenters. The number of aromatic nitrogens is 2. The van der Waals surface area contributed by atoms with Gasteiger partial charge < -0.3 is 18.7 Å². The van der Waals surface area contributed by atoms with Gasteiger partial charge in [-0.15, -0.1) is 0 Å². The second-order valence-electron chi connectivity index (χ2n) is 3.71. The molecule has 0 fully saturated rings. The first-order valence-corrected chi connectivity index (χ1v) is 5.92. The van der Waals surface area contributed by atoms with Crippen LogP contribution in [0.2, 0.25) is 0 Å². The normalized spacial score (nSPS) is 10.2. The van der Waals surface area contributed by atoms with Crippen molar-refractivity contribution in [3.05, 3.63) is 23.9 Å². The highest BCUT2D eigenvalue weighted by Crippen LogP contribution is 2.30. The minimum atomic E-state index is -0.539. The Labute approximate surface area is 115 Å². The van der Waals surface area contributed by atoms with E-state index in [0.717, 1.165) is 0 Å². The van der Waals surface area contributed by atoms with Crippen LogP contribution in [0.3, 0.4) is 0 Å².